The lowest BCUT2D eigenvalue weighted by Gasteiger charge is -2.40. The second kappa shape index (κ2) is 21.5. The molecule has 4 fully saturated rings. The summed E-state index contributed by atoms with van der Waals surface area (Å²) in [4.78, 5) is 56.2. The monoisotopic (exact) mass is 993 g/mol. The number of aliphatic hydroxyl groups is 1. The Morgan fingerprint density at radius 3 is 2.38 bits per heavy atom. The van der Waals surface area contributed by atoms with Crippen LogP contribution in [-0.4, -0.2) is 153 Å². The summed E-state index contributed by atoms with van der Waals surface area (Å²) in [5.74, 6) is 0.234. The molecule has 7 heterocycles. The Morgan fingerprint density at radius 1 is 0.944 bits per heavy atom. The minimum Gasteiger partial charge on any atom is -0.507 e. The van der Waals surface area contributed by atoms with Gasteiger partial charge in [0.2, 0.25) is 11.8 Å². The number of ether oxygens (including phenoxy) is 1. The molecule has 0 saturated carbocycles. The van der Waals surface area contributed by atoms with Crippen molar-refractivity contribution in [3.05, 3.63) is 83.2 Å². The number of phenols is 1. The van der Waals surface area contributed by atoms with E-state index in [-0.39, 0.29) is 54.9 Å². The van der Waals surface area contributed by atoms with Gasteiger partial charge in [0.1, 0.15) is 30.0 Å². The van der Waals surface area contributed by atoms with Gasteiger partial charge in [0.05, 0.1) is 39.6 Å². The number of rotatable bonds is 13. The number of thiazole rings is 1. The molecule has 4 saturated heterocycles. The highest BCUT2D eigenvalue weighted by Gasteiger charge is 2.44. The zero-order valence-electron chi connectivity index (χ0n) is 40.7. The Labute approximate surface area is 416 Å². The third-order valence-corrected chi connectivity index (χ3v) is 15.5. The van der Waals surface area contributed by atoms with Crippen molar-refractivity contribution in [2.45, 2.75) is 89.8 Å². The number of carbonyl (C=O) groups excluding carboxylic acids is 3. The number of piperidine rings is 2. The second-order valence-corrected chi connectivity index (χ2v) is 20.6. The highest BCUT2D eigenvalue weighted by molar-refractivity contribution is 7.13. The lowest BCUT2D eigenvalue weighted by atomic mass is 9.91. The van der Waals surface area contributed by atoms with E-state index in [9.17, 15) is 24.6 Å². The molecule has 0 aliphatic carbocycles. The Balaban J connectivity index is 0.721. The molecule has 2 aromatic carbocycles. The summed E-state index contributed by atoms with van der Waals surface area (Å²) in [6.45, 7) is 12.4. The van der Waals surface area contributed by atoms with Gasteiger partial charge in [-0.25, -0.2) is 14.2 Å². The summed E-state index contributed by atoms with van der Waals surface area (Å²) in [6.07, 6.45) is -1.23. The zero-order chi connectivity index (χ0) is 49.9. The number of piperazine rings is 1. The molecule has 18 nitrogen and oxygen atoms in total. The quantitative estimate of drug-likeness (QED) is 0.106. The number of benzene rings is 2. The van der Waals surface area contributed by atoms with Gasteiger partial charge in [0.25, 0.3) is 0 Å². The molecule has 5 N–H and O–H groups in total. The van der Waals surface area contributed by atoms with Gasteiger partial charge in [-0.3, -0.25) is 14.5 Å². The maximum absolute atomic E-state index is 15.7. The van der Waals surface area contributed by atoms with Crippen molar-refractivity contribution in [2.24, 2.45) is 11.8 Å². The normalized spacial score (nSPS) is 22.2. The number of hydrogen-bond acceptors (Lipinski definition) is 16. The van der Waals surface area contributed by atoms with Gasteiger partial charge < -0.3 is 50.1 Å². The van der Waals surface area contributed by atoms with Crippen LogP contribution in [0.5, 0.6) is 5.75 Å². The van der Waals surface area contributed by atoms with Crippen LogP contribution in [0.3, 0.4) is 0 Å². The second-order valence-electron chi connectivity index (χ2n) is 19.7. The van der Waals surface area contributed by atoms with E-state index in [1.54, 1.807) is 46.6 Å². The number of nitrogen functional groups attached to an aromatic ring is 1. The molecule has 0 bridgehead atoms. The van der Waals surface area contributed by atoms with Crippen molar-refractivity contribution < 1.29 is 38.2 Å². The van der Waals surface area contributed by atoms with Crippen LogP contribution in [0.15, 0.2) is 70.7 Å². The number of phenolic OH excluding ortho intramolecular Hbond substituents is 1. The molecule has 0 spiro atoms. The van der Waals surface area contributed by atoms with Crippen molar-refractivity contribution in [1.82, 2.24) is 40.4 Å². The number of hydrogen-bond donors (Lipinski definition) is 4. The van der Waals surface area contributed by atoms with E-state index in [4.69, 9.17) is 15.0 Å². The van der Waals surface area contributed by atoms with E-state index in [1.807, 2.05) is 68.4 Å². The molecule has 3 amide bonds. The standard InChI is InChI=1S/C51H64FN11O7S/c1-30(2)46(50(67)63-27-36(64)23-41(63)49(66)55-31(3)34-9-11-35(12-10-34)47-32(4)54-29-71-47)44-25-45(58-70-44)61-17-13-33(14-18-61)26-59-16-15-43(38(52)28-59)69-51(68)62-21-19-60(20-22-62)40-24-39(56-57-48(40)53)37-7-5-6-8-42(37)65/h5-12,24-25,29-31,33,36,38,41,43,46,64-65H,13-23,26-28H2,1-4H3,(H2,53,57)(H,55,66)/t31-,36+,38+,41-,43+,46+/m0/s1. The summed E-state index contributed by atoms with van der Waals surface area (Å²) in [5.41, 5.74) is 12.7. The van der Waals surface area contributed by atoms with Crippen molar-refractivity contribution in [3.63, 3.8) is 0 Å². The number of anilines is 3. The van der Waals surface area contributed by atoms with Gasteiger partial charge in [-0.15, -0.1) is 21.5 Å². The van der Waals surface area contributed by atoms with Crippen LogP contribution in [0.25, 0.3) is 21.7 Å². The van der Waals surface area contributed by atoms with E-state index in [0.29, 0.717) is 86.7 Å². The van der Waals surface area contributed by atoms with Crippen LogP contribution in [0.4, 0.5) is 26.5 Å². The van der Waals surface area contributed by atoms with Gasteiger partial charge in [-0.1, -0.05) is 55.4 Å². The Bertz CT molecular complexity index is 2650. The fourth-order valence-electron chi connectivity index (χ4n) is 10.4. The number of amides is 3. The fourth-order valence-corrected chi connectivity index (χ4v) is 11.3. The van der Waals surface area contributed by atoms with Crippen LogP contribution in [0.2, 0.25) is 0 Å². The fraction of sp³-hybridized carbons (Fsp3) is 0.510. The van der Waals surface area contributed by atoms with Crippen LogP contribution < -0.4 is 20.9 Å². The number of nitrogens with zero attached hydrogens (tertiary/aromatic N) is 9. The molecule has 4 aliphatic rings. The average molecular weight is 994 g/mol. The number of para-hydroxylation sites is 1. The number of aromatic nitrogens is 4. The minimum atomic E-state index is -1.31. The van der Waals surface area contributed by atoms with Gasteiger partial charge >= 0.3 is 6.09 Å². The Hall–Kier alpha value is -6.38. The Morgan fingerprint density at radius 2 is 1.69 bits per heavy atom. The molecular weight excluding hydrogens is 930 g/mol. The molecule has 6 atom stereocenters. The van der Waals surface area contributed by atoms with Crippen molar-refractivity contribution in [1.29, 1.82) is 0 Å². The largest absolute Gasteiger partial charge is 0.507 e. The van der Waals surface area contributed by atoms with Gasteiger partial charge in [0.15, 0.2) is 17.4 Å². The molecule has 3 aromatic heterocycles. The molecule has 9 rings (SSSR count). The van der Waals surface area contributed by atoms with Crippen molar-refractivity contribution in [2.75, 3.05) is 81.0 Å². The minimum absolute atomic E-state index is 0.0458. The first-order valence-electron chi connectivity index (χ1n) is 24.7. The number of carbonyl (C=O) groups is 3. The first-order chi connectivity index (χ1) is 34.2. The molecule has 0 radical (unpaired) electrons. The maximum Gasteiger partial charge on any atom is 0.410 e. The summed E-state index contributed by atoms with van der Waals surface area (Å²) in [6, 6.07) is 17.3. The maximum atomic E-state index is 15.7. The lowest BCUT2D eigenvalue weighted by molar-refractivity contribution is -0.141. The lowest BCUT2D eigenvalue weighted by Crippen LogP contribution is -2.52. The Kier molecular flexibility index (Phi) is 15.0. The number of β-amino-alcohol motifs (C(OH)–C–C–N with tert-alkyl or cyclic N) is 1. The third-order valence-electron chi connectivity index (χ3n) is 14.5. The van der Waals surface area contributed by atoms with Gasteiger partial charge in [0, 0.05) is 89.9 Å². The van der Waals surface area contributed by atoms with Crippen LogP contribution >= 0.6 is 11.3 Å². The summed E-state index contributed by atoms with van der Waals surface area (Å²) >= 11 is 1.58. The average Bonchev–Trinajstić information content (AvgIpc) is 4.13. The number of nitrogens with two attached hydrogens (primary N) is 1. The van der Waals surface area contributed by atoms with E-state index < -0.39 is 36.4 Å². The van der Waals surface area contributed by atoms with E-state index in [1.165, 1.54) is 4.90 Å². The molecule has 0 unspecified atom stereocenters. The molecular formula is C51H64FN11O7S. The van der Waals surface area contributed by atoms with Crippen molar-refractivity contribution in [3.8, 4) is 27.4 Å². The number of aliphatic hydroxyl groups excluding tert-OH is 1. The summed E-state index contributed by atoms with van der Waals surface area (Å²) in [5, 5.41) is 36.8. The van der Waals surface area contributed by atoms with E-state index in [2.05, 4.69) is 35.5 Å². The zero-order valence-corrected chi connectivity index (χ0v) is 41.5. The molecule has 71 heavy (non-hydrogen) atoms. The molecule has 20 heteroatoms. The number of alkyl halides is 1. The van der Waals surface area contributed by atoms with Crippen LogP contribution in [0, 0.1) is 18.8 Å². The number of halogens is 1. The van der Waals surface area contributed by atoms with Gasteiger partial charge in [-0.05, 0) is 67.9 Å². The smallest absolute Gasteiger partial charge is 0.410 e. The third kappa shape index (κ3) is 11.1. The number of likely N-dealkylation sites (tertiary alicyclic amines) is 2. The number of aryl methyl sites for hydroxylation is 1. The predicted octanol–water partition coefficient (Wildman–Crippen LogP) is 6.02. The van der Waals surface area contributed by atoms with Gasteiger partial charge in [-0.2, -0.15) is 0 Å². The number of nitrogens with one attached hydrogen (secondary N) is 1. The highest BCUT2D eigenvalue weighted by Crippen LogP contribution is 2.36. The summed E-state index contributed by atoms with van der Waals surface area (Å²) < 4.78 is 27.3. The SMILES string of the molecule is Cc1ncsc1-c1ccc([C@H](C)NC(=O)[C@@H]2C[C@@H](O)CN2C(=O)[C@@H](c2cc(N3CCC(CN4CC[C@@H](OC(=O)N5CCN(c6cc(-c7ccccc7O)nnc6N)CC5)[C@H](F)C4)CC3)no2)C(C)C)cc1. The first-order valence-corrected chi connectivity index (χ1v) is 25.6. The van der Waals surface area contributed by atoms with Crippen LogP contribution in [0.1, 0.15) is 75.4 Å². The summed E-state index contributed by atoms with van der Waals surface area (Å²) in [7, 11) is 0. The van der Waals surface area contributed by atoms with E-state index in [0.717, 1.165) is 41.1 Å². The van der Waals surface area contributed by atoms with Crippen LogP contribution in [-0.2, 0) is 14.3 Å². The molecule has 4 aliphatic heterocycles. The highest BCUT2D eigenvalue weighted by atomic mass is 32.1. The predicted molar refractivity (Wildman–Crippen MR) is 268 cm³/mol. The van der Waals surface area contributed by atoms with E-state index >= 15 is 4.39 Å². The topological polar surface area (TPSA) is 220 Å². The van der Waals surface area contributed by atoms with Crippen molar-refractivity contribution >= 4 is 46.6 Å². The number of aromatic hydroxyl groups is 1. The molecule has 378 valence electrons. The first kappa shape index (κ1) is 49.6. The molecule has 5 aromatic rings.